The lowest BCUT2D eigenvalue weighted by molar-refractivity contribution is -0.0515. The Morgan fingerprint density at radius 3 is 2.66 bits per heavy atom. The number of aliphatic hydroxyl groups is 2. The molecule has 0 bridgehead atoms. The van der Waals surface area contributed by atoms with E-state index in [9.17, 15) is 10.2 Å². The first-order valence-corrected chi connectivity index (χ1v) is 13.4. The van der Waals surface area contributed by atoms with E-state index in [1.807, 2.05) is 6.07 Å². The number of fused-ring (bicyclic) bond motifs is 5. The van der Waals surface area contributed by atoms with E-state index in [4.69, 9.17) is 9.47 Å². The SMILES string of the molecule is CC(C)(C)C#C[C@]1(O)CC[C@H]2[C@@H]3CCC4=CC(O)CCC4=C3[C@@H](c3ccc4c(c3)OCO4)C[C@@]21C. The lowest BCUT2D eigenvalue weighted by Crippen LogP contribution is -2.51. The molecule has 0 saturated heterocycles. The van der Waals surface area contributed by atoms with Gasteiger partial charge >= 0.3 is 0 Å². The number of rotatable bonds is 1. The number of benzene rings is 1. The van der Waals surface area contributed by atoms with Crippen molar-refractivity contribution in [3.05, 3.63) is 46.6 Å². The Morgan fingerprint density at radius 2 is 1.86 bits per heavy atom. The molecule has 2 saturated carbocycles. The topological polar surface area (TPSA) is 58.9 Å². The van der Waals surface area contributed by atoms with E-state index in [1.54, 1.807) is 5.57 Å². The van der Waals surface area contributed by atoms with Gasteiger partial charge in [0.2, 0.25) is 6.79 Å². The maximum atomic E-state index is 12.1. The summed E-state index contributed by atoms with van der Waals surface area (Å²) in [4.78, 5) is 0. The number of hydrogen-bond acceptors (Lipinski definition) is 4. The molecule has 4 aliphatic carbocycles. The van der Waals surface area contributed by atoms with E-state index >= 15 is 0 Å². The molecule has 4 nitrogen and oxygen atoms in total. The average Bonchev–Trinajstić information content (AvgIpc) is 3.38. The van der Waals surface area contributed by atoms with Crippen LogP contribution < -0.4 is 9.47 Å². The van der Waals surface area contributed by atoms with Crippen LogP contribution >= 0.6 is 0 Å². The molecule has 35 heavy (non-hydrogen) atoms. The summed E-state index contributed by atoms with van der Waals surface area (Å²) in [5.74, 6) is 9.48. The van der Waals surface area contributed by atoms with Gasteiger partial charge in [0.1, 0.15) is 5.60 Å². The molecule has 0 aromatic heterocycles. The van der Waals surface area contributed by atoms with Crippen LogP contribution in [0.4, 0.5) is 0 Å². The molecule has 5 aliphatic rings. The fourth-order valence-corrected chi connectivity index (χ4v) is 7.71. The summed E-state index contributed by atoms with van der Waals surface area (Å²) in [5.41, 5.74) is 4.23. The third-order valence-corrected chi connectivity index (χ3v) is 9.46. The van der Waals surface area contributed by atoms with Gasteiger partial charge in [-0.3, -0.25) is 0 Å². The molecule has 2 N–H and O–H groups in total. The Balaban J connectivity index is 1.50. The lowest BCUT2D eigenvalue weighted by Gasteiger charge is -2.54. The van der Waals surface area contributed by atoms with Crippen molar-refractivity contribution >= 4 is 0 Å². The largest absolute Gasteiger partial charge is 0.454 e. The van der Waals surface area contributed by atoms with Gasteiger partial charge in [-0.2, -0.15) is 0 Å². The van der Waals surface area contributed by atoms with Gasteiger partial charge < -0.3 is 19.7 Å². The summed E-state index contributed by atoms with van der Waals surface area (Å²) in [6, 6.07) is 6.39. The molecule has 2 fully saturated rings. The summed E-state index contributed by atoms with van der Waals surface area (Å²) in [6.07, 6.45) is 8.25. The van der Waals surface area contributed by atoms with Crippen molar-refractivity contribution < 1.29 is 19.7 Å². The van der Waals surface area contributed by atoms with Gasteiger partial charge in [-0.05, 0) is 106 Å². The van der Waals surface area contributed by atoms with E-state index in [0.717, 1.165) is 56.4 Å². The van der Waals surface area contributed by atoms with Crippen LogP contribution in [-0.4, -0.2) is 28.7 Å². The Bertz CT molecular complexity index is 1170. The van der Waals surface area contributed by atoms with Gasteiger partial charge in [0.25, 0.3) is 0 Å². The minimum absolute atomic E-state index is 0.143. The smallest absolute Gasteiger partial charge is 0.231 e. The van der Waals surface area contributed by atoms with Crippen molar-refractivity contribution in [1.82, 2.24) is 0 Å². The lowest BCUT2D eigenvalue weighted by atomic mass is 9.51. The van der Waals surface area contributed by atoms with E-state index in [1.165, 1.54) is 16.7 Å². The van der Waals surface area contributed by atoms with Gasteiger partial charge in [-0.25, -0.2) is 0 Å². The fraction of sp³-hybridized carbons (Fsp3) is 0.613. The predicted octanol–water partition coefficient (Wildman–Crippen LogP) is 5.89. The Hall–Kier alpha value is -2.22. The number of hydrogen-bond donors (Lipinski definition) is 2. The third kappa shape index (κ3) is 3.66. The van der Waals surface area contributed by atoms with Crippen molar-refractivity contribution in [2.45, 2.75) is 90.3 Å². The minimum Gasteiger partial charge on any atom is -0.454 e. The second kappa shape index (κ2) is 7.89. The summed E-state index contributed by atoms with van der Waals surface area (Å²) in [7, 11) is 0. The molecule has 6 rings (SSSR count). The molecule has 0 amide bonds. The van der Waals surface area contributed by atoms with Gasteiger partial charge in [0.15, 0.2) is 11.5 Å². The summed E-state index contributed by atoms with van der Waals surface area (Å²) in [6.45, 7) is 8.92. The highest BCUT2D eigenvalue weighted by atomic mass is 16.7. The van der Waals surface area contributed by atoms with E-state index in [2.05, 4.69) is 57.7 Å². The first-order chi connectivity index (χ1) is 16.6. The molecule has 1 aromatic rings. The molecular weight excluding hydrogens is 436 g/mol. The first kappa shape index (κ1) is 23.2. The molecular formula is C31H38O4. The van der Waals surface area contributed by atoms with Crippen LogP contribution in [0.15, 0.2) is 41.0 Å². The highest BCUT2D eigenvalue weighted by Gasteiger charge is 2.62. The molecule has 4 heteroatoms. The van der Waals surface area contributed by atoms with Crippen LogP contribution in [0.1, 0.15) is 84.1 Å². The van der Waals surface area contributed by atoms with Gasteiger partial charge in [-0.1, -0.05) is 36.5 Å². The molecule has 0 radical (unpaired) electrons. The van der Waals surface area contributed by atoms with Gasteiger partial charge in [0.05, 0.1) is 6.10 Å². The highest BCUT2D eigenvalue weighted by molar-refractivity contribution is 5.52. The molecule has 1 unspecified atom stereocenters. The van der Waals surface area contributed by atoms with Crippen LogP contribution in [0.2, 0.25) is 0 Å². The number of ether oxygens (including phenoxy) is 2. The van der Waals surface area contributed by atoms with Crippen LogP contribution in [0.3, 0.4) is 0 Å². The number of aliphatic hydroxyl groups excluding tert-OH is 1. The fourth-order valence-electron chi connectivity index (χ4n) is 7.71. The van der Waals surface area contributed by atoms with E-state index in [-0.39, 0.29) is 29.6 Å². The Kier molecular flexibility index (Phi) is 5.23. The second-order valence-electron chi connectivity index (χ2n) is 12.7. The van der Waals surface area contributed by atoms with Crippen LogP contribution in [-0.2, 0) is 0 Å². The van der Waals surface area contributed by atoms with Gasteiger partial charge in [0, 0.05) is 16.7 Å². The maximum absolute atomic E-state index is 12.1. The van der Waals surface area contributed by atoms with Crippen LogP contribution in [0, 0.1) is 34.5 Å². The van der Waals surface area contributed by atoms with Crippen molar-refractivity contribution in [1.29, 1.82) is 0 Å². The third-order valence-electron chi connectivity index (χ3n) is 9.46. The summed E-state index contributed by atoms with van der Waals surface area (Å²) < 4.78 is 11.4. The van der Waals surface area contributed by atoms with E-state index < -0.39 is 5.60 Å². The second-order valence-corrected chi connectivity index (χ2v) is 12.7. The standard InChI is InChI=1S/C31H38O4/c1-29(2,3)13-14-31(33)12-11-25-23-8-5-19-15-21(32)7-9-22(19)28(23)24(17-30(25,31)4)20-6-10-26-27(16-20)35-18-34-26/h6,10,15-16,21,23-25,32-33H,5,7-9,11-12,17-18H2,1-4H3/t21?,23-,24+,25-,30-,31+/m0/s1. The molecule has 1 aromatic carbocycles. The molecule has 0 spiro atoms. The first-order valence-electron chi connectivity index (χ1n) is 13.4. The van der Waals surface area contributed by atoms with E-state index in [0.29, 0.717) is 11.8 Å². The minimum atomic E-state index is -0.978. The average molecular weight is 475 g/mol. The summed E-state index contributed by atoms with van der Waals surface area (Å²) in [5, 5.41) is 22.4. The predicted molar refractivity (Wildman–Crippen MR) is 136 cm³/mol. The zero-order valence-corrected chi connectivity index (χ0v) is 21.5. The molecule has 1 aliphatic heterocycles. The van der Waals surface area contributed by atoms with Crippen molar-refractivity contribution in [2.75, 3.05) is 6.79 Å². The quantitative estimate of drug-likeness (QED) is 0.499. The summed E-state index contributed by atoms with van der Waals surface area (Å²) >= 11 is 0. The van der Waals surface area contributed by atoms with Crippen molar-refractivity contribution in [3.63, 3.8) is 0 Å². The van der Waals surface area contributed by atoms with Crippen LogP contribution in [0.5, 0.6) is 11.5 Å². The van der Waals surface area contributed by atoms with Crippen LogP contribution in [0.25, 0.3) is 0 Å². The zero-order chi connectivity index (χ0) is 24.6. The zero-order valence-electron chi connectivity index (χ0n) is 21.5. The monoisotopic (exact) mass is 474 g/mol. The Morgan fingerprint density at radius 1 is 1.06 bits per heavy atom. The van der Waals surface area contributed by atoms with Gasteiger partial charge in [-0.15, -0.1) is 0 Å². The Labute approximate surface area is 209 Å². The maximum Gasteiger partial charge on any atom is 0.231 e. The normalized spacial score (nSPS) is 37.6. The van der Waals surface area contributed by atoms with Crippen molar-refractivity contribution in [3.8, 4) is 23.3 Å². The molecule has 1 heterocycles. The highest BCUT2D eigenvalue weighted by Crippen LogP contribution is 2.67. The van der Waals surface area contributed by atoms with Crippen molar-refractivity contribution in [2.24, 2.45) is 22.7 Å². The molecule has 6 atom stereocenters. The number of allylic oxidation sites excluding steroid dienone is 3. The molecule has 186 valence electrons.